The molecule has 0 spiro atoms. The van der Waals surface area contributed by atoms with Crippen molar-refractivity contribution in [1.29, 1.82) is 0 Å². The van der Waals surface area contributed by atoms with Gasteiger partial charge in [0.15, 0.2) is 11.5 Å². The summed E-state index contributed by atoms with van der Waals surface area (Å²) in [7, 11) is 0. The minimum Gasteiger partial charge on any atom is -0.476 e. The molecule has 0 aliphatic carbocycles. The van der Waals surface area contributed by atoms with Gasteiger partial charge in [-0.1, -0.05) is 12.1 Å². The Morgan fingerprint density at radius 1 is 1.33 bits per heavy atom. The number of aryl methyl sites for hydroxylation is 1. The van der Waals surface area contributed by atoms with Gasteiger partial charge in [-0.3, -0.25) is 9.67 Å². The van der Waals surface area contributed by atoms with Gasteiger partial charge in [0, 0.05) is 18.1 Å². The summed E-state index contributed by atoms with van der Waals surface area (Å²) in [5.41, 5.74) is 4.16. The highest BCUT2D eigenvalue weighted by Gasteiger charge is 2.16. The van der Waals surface area contributed by atoms with Crippen LogP contribution in [0.1, 0.15) is 33.1 Å². The van der Waals surface area contributed by atoms with Crippen LogP contribution < -0.4 is 0 Å². The van der Waals surface area contributed by atoms with Crippen molar-refractivity contribution in [3.8, 4) is 0 Å². The Labute approximate surface area is 137 Å². The SMILES string of the molecule is Cc1ccnn1Cc1ccc2c(c1)N=Cc1nc(C(=O)O)cn1C2. The zero-order valence-corrected chi connectivity index (χ0v) is 13.0. The van der Waals surface area contributed by atoms with Crippen LogP contribution in [-0.4, -0.2) is 36.6 Å². The Balaban J connectivity index is 1.66. The summed E-state index contributed by atoms with van der Waals surface area (Å²) < 4.78 is 3.74. The number of rotatable bonds is 3. The molecule has 1 N–H and O–H groups in total. The lowest BCUT2D eigenvalue weighted by atomic mass is 10.1. The molecule has 120 valence electrons. The van der Waals surface area contributed by atoms with Crippen molar-refractivity contribution in [2.24, 2.45) is 4.99 Å². The van der Waals surface area contributed by atoms with Crippen LogP contribution in [0.25, 0.3) is 0 Å². The van der Waals surface area contributed by atoms with Crippen LogP contribution in [0.2, 0.25) is 0 Å². The number of aliphatic imine (C=N–C) groups is 1. The Morgan fingerprint density at radius 3 is 2.96 bits per heavy atom. The lowest BCUT2D eigenvalue weighted by molar-refractivity contribution is 0.0691. The molecule has 24 heavy (non-hydrogen) atoms. The smallest absolute Gasteiger partial charge is 0.356 e. The number of nitrogens with zero attached hydrogens (tertiary/aromatic N) is 5. The first kappa shape index (κ1) is 14.4. The highest BCUT2D eigenvalue weighted by molar-refractivity contribution is 5.88. The summed E-state index contributed by atoms with van der Waals surface area (Å²) in [6, 6.07) is 8.09. The third-order valence-electron chi connectivity index (χ3n) is 4.10. The van der Waals surface area contributed by atoms with Gasteiger partial charge in [-0.25, -0.2) is 9.78 Å². The average molecular weight is 321 g/mol. The standard InChI is InChI=1S/C17H15N5O2/c1-11-4-5-19-22(11)8-12-2-3-13-9-21-10-15(17(23)24)20-16(21)7-18-14(13)6-12/h2-7,10H,8-9H2,1H3,(H,23,24). The quantitative estimate of drug-likeness (QED) is 0.627. The molecule has 0 bridgehead atoms. The van der Waals surface area contributed by atoms with Crippen LogP contribution >= 0.6 is 0 Å². The van der Waals surface area contributed by atoms with Crippen molar-refractivity contribution in [1.82, 2.24) is 19.3 Å². The van der Waals surface area contributed by atoms with E-state index in [2.05, 4.69) is 21.1 Å². The van der Waals surface area contributed by atoms with Gasteiger partial charge < -0.3 is 9.67 Å². The van der Waals surface area contributed by atoms with Crippen LogP contribution in [0, 0.1) is 6.92 Å². The number of hydrogen-bond acceptors (Lipinski definition) is 4. The van der Waals surface area contributed by atoms with Gasteiger partial charge in [0.25, 0.3) is 0 Å². The van der Waals surface area contributed by atoms with Crippen LogP contribution in [0.15, 0.2) is 41.7 Å². The first-order chi connectivity index (χ1) is 11.6. The predicted molar refractivity (Wildman–Crippen MR) is 88.1 cm³/mol. The van der Waals surface area contributed by atoms with E-state index < -0.39 is 5.97 Å². The van der Waals surface area contributed by atoms with Gasteiger partial charge in [0.1, 0.15) is 0 Å². The minimum absolute atomic E-state index is 0.0330. The van der Waals surface area contributed by atoms with Gasteiger partial charge >= 0.3 is 5.97 Å². The fourth-order valence-electron chi connectivity index (χ4n) is 2.77. The van der Waals surface area contributed by atoms with E-state index in [0.717, 1.165) is 22.5 Å². The van der Waals surface area contributed by atoms with E-state index in [0.29, 0.717) is 18.9 Å². The maximum Gasteiger partial charge on any atom is 0.356 e. The Hall–Kier alpha value is -3.22. The van der Waals surface area contributed by atoms with Gasteiger partial charge in [-0.15, -0.1) is 0 Å². The van der Waals surface area contributed by atoms with Crippen LogP contribution in [-0.2, 0) is 13.1 Å². The third-order valence-corrected chi connectivity index (χ3v) is 4.10. The molecule has 4 rings (SSSR count). The van der Waals surface area contributed by atoms with E-state index in [1.165, 1.54) is 0 Å². The van der Waals surface area contributed by atoms with E-state index in [-0.39, 0.29) is 5.69 Å². The summed E-state index contributed by atoms with van der Waals surface area (Å²) in [5, 5.41) is 13.4. The van der Waals surface area contributed by atoms with Crippen molar-refractivity contribution in [2.45, 2.75) is 20.0 Å². The molecule has 0 fully saturated rings. The van der Waals surface area contributed by atoms with Crippen molar-refractivity contribution in [3.63, 3.8) is 0 Å². The van der Waals surface area contributed by atoms with Gasteiger partial charge in [0.2, 0.25) is 0 Å². The Morgan fingerprint density at radius 2 is 2.21 bits per heavy atom. The minimum atomic E-state index is -1.03. The zero-order chi connectivity index (χ0) is 16.7. The molecule has 0 unspecified atom stereocenters. The second-order valence-corrected chi connectivity index (χ2v) is 5.77. The number of carbonyl (C=O) groups is 1. The summed E-state index contributed by atoms with van der Waals surface area (Å²) in [5.74, 6) is -0.484. The second-order valence-electron chi connectivity index (χ2n) is 5.77. The number of carboxylic acid groups (broad SMARTS) is 1. The first-order valence-electron chi connectivity index (χ1n) is 7.55. The Bertz CT molecular complexity index is 967. The van der Waals surface area contributed by atoms with Crippen LogP contribution in [0.4, 0.5) is 5.69 Å². The zero-order valence-electron chi connectivity index (χ0n) is 13.0. The van der Waals surface area contributed by atoms with Crippen molar-refractivity contribution in [2.75, 3.05) is 0 Å². The summed E-state index contributed by atoms with van der Waals surface area (Å²) in [6.45, 7) is 3.26. The molecule has 7 nitrogen and oxygen atoms in total. The number of aromatic nitrogens is 4. The monoisotopic (exact) mass is 321 g/mol. The number of fused-ring (bicyclic) bond motifs is 2. The molecule has 2 aromatic heterocycles. The summed E-state index contributed by atoms with van der Waals surface area (Å²) >= 11 is 0. The summed E-state index contributed by atoms with van der Waals surface area (Å²) in [6.07, 6.45) is 4.94. The lowest BCUT2D eigenvalue weighted by Crippen LogP contribution is -2.04. The van der Waals surface area contributed by atoms with E-state index in [9.17, 15) is 4.79 Å². The van der Waals surface area contributed by atoms with E-state index >= 15 is 0 Å². The predicted octanol–water partition coefficient (Wildman–Crippen LogP) is 2.25. The number of benzene rings is 1. The van der Waals surface area contributed by atoms with Crippen LogP contribution in [0.5, 0.6) is 0 Å². The topological polar surface area (TPSA) is 85.3 Å². The molecule has 1 aromatic carbocycles. The second kappa shape index (κ2) is 5.45. The lowest BCUT2D eigenvalue weighted by Gasteiger charge is -2.09. The molecule has 7 heteroatoms. The molecule has 0 atom stereocenters. The maximum atomic E-state index is 11.0. The van der Waals surface area contributed by atoms with Crippen LogP contribution in [0.3, 0.4) is 0 Å². The fourth-order valence-corrected chi connectivity index (χ4v) is 2.77. The van der Waals surface area contributed by atoms with Crippen molar-refractivity contribution >= 4 is 17.9 Å². The highest BCUT2D eigenvalue weighted by Crippen LogP contribution is 2.25. The molecular formula is C17H15N5O2. The van der Waals surface area contributed by atoms with Gasteiger partial charge in [-0.05, 0) is 30.2 Å². The average Bonchev–Trinajstić information content (AvgIpc) is 3.10. The normalized spacial score (nSPS) is 12.5. The number of imidazole rings is 1. The molecular weight excluding hydrogens is 306 g/mol. The molecule has 0 saturated heterocycles. The van der Waals surface area contributed by atoms with Crippen molar-refractivity contribution in [3.05, 3.63) is 65.0 Å². The van der Waals surface area contributed by atoms with E-state index in [1.807, 2.05) is 29.8 Å². The largest absolute Gasteiger partial charge is 0.476 e. The van der Waals surface area contributed by atoms with Gasteiger partial charge in [0.05, 0.1) is 25.0 Å². The maximum absolute atomic E-state index is 11.0. The molecule has 0 radical (unpaired) electrons. The third kappa shape index (κ3) is 2.50. The van der Waals surface area contributed by atoms with E-state index in [1.54, 1.807) is 23.2 Å². The Kier molecular flexibility index (Phi) is 3.26. The number of carboxylic acids is 1. The molecule has 0 saturated carbocycles. The summed E-state index contributed by atoms with van der Waals surface area (Å²) in [4.78, 5) is 19.6. The first-order valence-corrected chi connectivity index (χ1v) is 7.55. The van der Waals surface area contributed by atoms with Gasteiger partial charge in [-0.2, -0.15) is 5.10 Å². The molecule has 1 aliphatic heterocycles. The number of hydrogen-bond donors (Lipinski definition) is 1. The molecule has 0 amide bonds. The molecule has 3 heterocycles. The van der Waals surface area contributed by atoms with E-state index in [4.69, 9.17) is 5.11 Å². The highest BCUT2D eigenvalue weighted by atomic mass is 16.4. The number of aromatic carboxylic acids is 1. The van der Waals surface area contributed by atoms with Crippen molar-refractivity contribution < 1.29 is 9.90 Å². The fraction of sp³-hybridized carbons (Fsp3) is 0.176. The molecule has 1 aliphatic rings. The molecule has 3 aromatic rings.